The van der Waals surface area contributed by atoms with Gasteiger partial charge in [-0.3, -0.25) is 0 Å². The summed E-state index contributed by atoms with van der Waals surface area (Å²) in [6.45, 7) is 14.4. The summed E-state index contributed by atoms with van der Waals surface area (Å²) in [5, 5.41) is 11.9. The highest BCUT2D eigenvalue weighted by Gasteiger charge is 2.49. The van der Waals surface area contributed by atoms with Crippen LogP contribution in [0.2, 0.25) is 5.02 Å². The second-order valence-electron chi connectivity index (χ2n) is 11.7. The van der Waals surface area contributed by atoms with Gasteiger partial charge in [-0.25, -0.2) is 9.78 Å². The van der Waals surface area contributed by atoms with Crippen molar-refractivity contribution in [3.63, 3.8) is 0 Å². The Morgan fingerprint density at radius 1 is 1.22 bits per heavy atom. The monoisotopic (exact) mass is 510 g/mol. The molecule has 3 heterocycles. The zero-order valence-electron chi connectivity index (χ0n) is 21.9. The molecule has 1 aliphatic heterocycles. The molecule has 2 aromatic heterocycles. The maximum absolute atomic E-state index is 12.6. The number of carboxylic acids is 1. The van der Waals surface area contributed by atoms with Gasteiger partial charge in [-0.2, -0.15) is 0 Å². The van der Waals surface area contributed by atoms with Crippen LogP contribution in [0.4, 0.5) is 0 Å². The lowest BCUT2D eigenvalue weighted by atomic mass is 9.60. The topological polar surface area (TPSA) is 73.6 Å². The molecule has 1 N–H and O–H groups in total. The molecule has 1 saturated carbocycles. The van der Waals surface area contributed by atoms with E-state index in [1.165, 1.54) is 18.5 Å². The van der Waals surface area contributed by atoms with Crippen LogP contribution in [0.1, 0.15) is 62.2 Å². The lowest BCUT2D eigenvalue weighted by Crippen LogP contribution is -2.53. The molecule has 2 fully saturated rings. The molecule has 0 amide bonds. The molecule has 1 spiro atoms. The fourth-order valence-electron chi connectivity index (χ4n) is 6.02. The van der Waals surface area contributed by atoms with Crippen LogP contribution >= 0.6 is 11.6 Å². The van der Waals surface area contributed by atoms with Gasteiger partial charge in [-0.05, 0) is 83.6 Å². The molecule has 6 nitrogen and oxygen atoms in total. The molecular formula is C29H35ClN2O4. The van der Waals surface area contributed by atoms with Crippen LogP contribution in [-0.2, 0) is 20.8 Å². The van der Waals surface area contributed by atoms with Gasteiger partial charge in [-0.1, -0.05) is 23.7 Å². The van der Waals surface area contributed by atoms with Crippen molar-refractivity contribution in [2.75, 3.05) is 13.2 Å². The molecule has 5 rings (SSSR count). The molecule has 1 aromatic carbocycles. The summed E-state index contributed by atoms with van der Waals surface area (Å²) >= 11 is 6.22. The van der Waals surface area contributed by atoms with Crippen LogP contribution in [0.3, 0.4) is 0 Å². The smallest absolute Gasteiger partial charge is 0.337 e. The molecule has 0 unspecified atom stereocenters. The third kappa shape index (κ3) is 4.33. The summed E-state index contributed by atoms with van der Waals surface area (Å²) in [5.74, 6) is -0.431. The minimum Gasteiger partial charge on any atom is -0.479 e. The number of aryl methyl sites for hydroxylation is 2. The fraction of sp³-hybridized carbons (Fsp3) is 0.517. The first kappa shape index (κ1) is 25.2. The fourth-order valence-corrected chi connectivity index (χ4v) is 6.15. The number of fused-ring (bicyclic) bond motifs is 1. The van der Waals surface area contributed by atoms with Gasteiger partial charge < -0.3 is 19.1 Å². The van der Waals surface area contributed by atoms with Gasteiger partial charge in [0.2, 0.25) is 0 Å². The first-order valence-electron chi connectivity index (χ1n) is 12.6. The number of nitrogens with zero attached hydrogens (tertiary/aromatic N) is 2. The van der Waals surface area contributed by atoms with E-state index in [1.54, 1.807) is 0 Å². The Morgan fingerprint density at radius 3 is 2.39 bits per heavy atom. The van der Waals surface area contributed by atoms with Gasteiger partial charge in [0.05, 0.1) is 18.8 Å². The van der Waals surface area contributed by atoms with Crippen LogP contribution in [0.5, 0.6) is 0 Å². The molecular weight excluding hydrogens is 476 g/mol. The molecule has 0 bridgehead atoms. The number of aliphatic carboxylic acids is 1. The van der Waals surface area contributed by atoms with E-state index in [2.05, 4.69) is 18.4 Å². The van der Waals surface area contributed by atoms with E-state index in [1.807, 2.05) is 52.0 Å². The number of hydrogen-bond donors (Lipinski definition) is 1. The molecule has 0 radical (unpaired) electrons. The van der Waals surface area contributed by atoms with Crippen molar-refractivity contribution in [3.8, 4) is 11.1 Å². The quantitative estimate of drug-likeness (QED) is 0.402. The Kier molecular flexibility index (Phi) is 6.21. The van der Waals surface area contributed by atoms with Gasteiger partial charge in [0.25, 0.3) is 0 Å². The number of halogens is 1. The summed E-state index contributed by atoms with van der Waals surface area (Å²) in [6.07, 6.45) is 1.22. The summed E-state index contributed by atoms with van der Waals surface area (Å²) in [5.41, 5.74) is 5.97. The van der Waals surface area contributed by atoms with Gasteiger partial charge >= 0.3 is 5.97 Å². The lowest BCUT2D eigenvalue weighted by molar-refractivity contribution is -0.180. The number of ether oxygens (including phenoxy) is 2. The second kappa shape index (κ2) is 8.86. The number of carboxylic acid groups (broad SMARTS) is 1. The molecule has 2 aliphatic rings. The van der Waals surface area contributed by atoms with Crippen LogP contribution in [-0.4, -0.2) is 39.4 Å². The molecule has 3 aromatic rings. The summed E-state index contributed by atoms with van der Waals surface area (Å²) in [6, 6.07) is 7.59. The maximum atomic E-state index is 12.6. The number of pyridine rings is 1. The highest BCUT2D eigenvalue weighted by Crippen LogP contribution is 2.52. The Bertz CT molecular complexity index is 1320. The van der Waals surface area contributed by atoms with E-state index in [9.17, 15) is 9.90 Å². The first-order valence-corrected chi connectivity index (χ1v) is 13.0. The van der Waals surface area contributed by atoms with E-state index in [-0.39, 0.29) is 0 Å². The van der Waals surface area contributed by atoms with E-state index < -0.39 is 17.7 Å². The highest BCUT2D eigenvalue weighted by atomic mass is 35.5. The number of aromatic nitrogens is 2. The third-order valence-corrected chi connectivity index (χ3v) is 8.03. The third-order valence-electron chi connectivity index (χ3n) is 7.78. The van der Waals surface area contributed by atoms with E-state index in [4.69, 9.17) is 26.1 Å². The van der Waals surface area contributed by atoms with Gasteiger partial charge in [0, 0.05) is 44.9 Å². The zero-order valence-corrected chi connectivity index (χ0v) is 22.7. The Balaban J connectivity index is 1.71. The van der Waals surface area contributed by atoms with Crippen molar-refractivity contribution in [1.29, 1.82) is 0 Å². The molecule has 36 heavy (non-hydrogen) atoms. The normalized spacial score (nSPS) is 18.3. The first-order chi connectivity index (χ1) is 16.9. The van der Waals surface area contributed by atoms with Crippen LogP contribution in [0, 0.1) is 32.1 Å². The van der Waals surface area contributed by atoms with Crippen LogP contribution in [0.15, 0.2) is 24.3 Å². The molecule has 192 valence electrons. The largest absolute Gasteiger partial charge is 0.479 e. The van der Waals surface area contributed by atoms with Crippen molar-refractivity contribution >= 4 is 28.6 Å². The Hall–Kier alpha value is -2.41. The molecule has 1 aliphatic carbocycles. The number of carbonyl (C=O) groups is 1. The van der Waals surface area contributed by atoms with Crippen molar-refractivity contribution in [2.45, 2.75) is 72.6 Å². The van der Waals surface area contributed by atoms with Gasteiger partial charge in [0.1, 0.15) is 5.65 Å². The SMILES string of the molecule is Cc1nc2c(c(C)c(C)n2CC2CC3(COC3)C2)c(-c2ccc(Cl)cc2)c1[C@H](OC(C)(C)C)C(=O)O. The summed E-state index contributed by atoms with van der Waals surface area (Å²) in [7, 11) is 0. The number of rotatable bonds is 6. The predicted octanol–water partition coefficient (Wildman–Crippen LogP) is 6.65. The number of benzene rings is 1. The van der Waals surface area contributed by atoms with Gasteiger partial charge in [-0.15, -0.1) is 0 Å². The van der Waals surface area contributed by atoms with E-state index >= 15 is 0 Å². The van der Waals surface area contributed by atoms with Crippen LogP contribution < -0.4 is 0 Å². The average Bonchev–Trinajstić information content (AvgIpc) is 2.96. The zero-order chi connectivity index (χ0) is 26.0. The Morgan fingerprint density at radius 2 is 1.86 bits per heavy atom. The summed E-state index contributed by atoms with van der Waals surface area (Å²) < 4.78 is 13.9. The average molecular weight is 511 g/mol. The molecule has 7 heteroatoms. The van der Waals surface area contributed by atoms with Crippen molar-refractivity contribution in [3.05, 3.63) is 51.8 Å². The second-order valence-corrected chi connectivity index (χ2v) is 12.2. The predicted molar refractivity (Wildman–Crippen MR) is 142 cm³/mol. The molecule has 1 saturated heterocycles. The maximum Gasteiger partial charge on any atom is 0.337 e. The Labute approximate surface area is 217 Å². The number of hydrogen-bond acceptors (Lipinski definition) is 4. The minimum absolute atomic E-state index is 0.403. The molecule has 1 atom stereocenters. The van der Waals surface area contributed by atoms with Crippen molar-refractivity contribution < 1.29 is 19.4 Å². The minimum atomic E-state index is -1.15. The summed E-state index contributed by atoms with van der Waals surface area (Å²) in [4.78, 5) is 17.6. The standard InChI is InChI=1S/C29H35ClN2O4/c1-16-18(3)32(13-19-11-29(12-19)14-35-15-29)26-22(16)24(20-7-9-21(30)10-8-20)23(17(2)31-26)25(27(33)34)36-28(4,5)6/h7-10,19,25H,11-15H2,1-6H3,(H,33,34)/t25-/m0/s1. The van der Waals surface area contributed by atoms with Crippen LogP contribution in [0.25, 0.3) is 22.2 Å². The van der Waals surface area contributed by atoms with Crippen molar-refractivity contribution in [2.24, 2.45) is 11.3 Å². The van der Waals surface area contributed by atoms with Crippen molar-refractivity contribution in [1.82, 2.24) is 9.55 Å². The lowest BCUT2D eigenvalue weighted by Gasteiger charge is -2.53. The van der Waals surface area contributed by atoms with E-state index in [0.29, 0.717) is 27.6 Å². The highest BCUT2D eigenvalue weighted by molar-refractivity contribution is 6.30. The van der Waals surface area contributed by atoms with E-state index in [0.717, 1.165) is 47.5 Å². The van der Waals surface area contributed by atoms with Gasteiger partial charge in [0.15, 0.2) is 6.10 Å².